The Kier molecular flexibility index (Phi) is 4.08. The van der Waals surface area contributed by atoms with Gasteiger partial charge < -0.3 is 4.90 Å². The van der Waals surface area contributed by atoms with E-state index in [2.05, 4.69) is 4.98 Å². The van der Waals surface area contributed by atoms with Gasteiger partial charge in [-0.25, -0.2) is 8.42 Å². The smallest absolute Gasteiger partial charge is 0.256 e. The Bertz CT molecular complexity index is 970. The fraction of sp³-hybridized carbons (Fsp3) is 0.368. The van der Waals surface area contributed by atoms with Crippen LogP contribution >= 0.6 is 0 Å². The normalized spacial score (nSPS) is 20.2. The van der Waals surface area contributed by atoms with Crippen LogP contribution in [0.1, 0.15) is 38.9 Å². The summed E-state index contributed by atoms with van der Waals surface area (Å²) in [5.74, 6) is -0.0738. The second kappa shape index (κ2) is 6.17. The minimum Gasteiger partial charge on any atom is -0.327 e. The first-order valence-electron chi connectivity index (χ1n) is 8.67. The number of pyridine rings is 1. The van der Waals surface area contributed by atoms with E-state index < -0.39 is 10.0 Å². The molecule has 1 aromatic heterocycles. The number of nitrogens with zero attached hydrogens (tertiary/aromatic N) is 3. The highest BCUT2D eigenvalue weighted by molar-refractivity contribution is 7.88. The molecule has 0 saturated carbocycles. The summed E-state index contributed by atoms with van der Waals surface area (Å²) in [6.45, 7) is 4.84. The summed E-state index contributed by atoms with van der Waals surface area (Å²) < 4.78 is 27.3. The van der Waals surface area contributed by atoms with Crippen LogP contribution in [-0.2, 0) is 15.8 Å². The van der Waals surface area contributed by atoms with Crippen molar-refractivity contribution < 1.29 is 13.2 Å². The van der Waals surface area contributed by atoms with Crippen molar-refractivity contribution in [3.63, 3.8) is 0 Å². The van der Waals surface area contributed by atoms with Gasteiger partial charge in [-0.15, -0.1) is 0 Å². The first-order valence-corrected chi connectivity index (χ1v) is 10.3. The minimum absolute atomic E-state index is 0.0257. The van der Waals surface area contributed by atoms with Gasteiger partial charge in [-0.05, 0) is 31.5 Å². The van der Waals surface area contributed by atoms with Crippen LogP contribution in [0.15, 0.2) is 36.4 Å². The number of aryl methyl sites for hydroxylation is 2. The van der Waals surface area contributed by atoms with E-state index in [9.17, 15) is 13.2 Å². The molecule has 6 nitrogen and oxygen atoms in total. The molecule has 1 unspecified atom stereocenters. The number of benzene rings is 1. The molecule has 0 aliphatic carbocycles. The predicted octanol–water partition coefficient (Wildman–Crippen LogP) is 2.04. The average Bonchev–Trinajstić information content (AvgIpc) is 2.88. The quantitative estimate of drug-likeness (QED) is 0.828. The van der Waals surface area contributed by atoms with Crippen molar-refractivity contribution in [2.75, 3.05) is 19.6 Å². The number of fused-ring (bicyclic) bond motifs is 3. The van der Waals surface area contributed by atoms with Gasteiger partial charge in [0.15, 0.2) is 0 Å². The molecule has 0 N–H and O–H groups in total. The van der Waals surface area contributed by atoms with Crippen molar-refractivity contribution in [3.05, 3.63) is 64.5 Å². The van der Waals surface area contributed by atoms with E-state index in [0.717, 1.165) is 16.8 Å². The topological polar surface area (TPSA) is 70.6 Å². The van der Waals surface area contributed by atoms with Gasteiger partial charge in [0.2, 0.25) is 10.0 Å². The number of aromatic nitrogens is 1. The lowest BCUT2D eigenvalue weighted by Crippen LogP contribution is -2.49. The highest BCUT2D eigenvalue weighted by atomic mass is 32.2. The molecule has 0 bridgehead atoms. The largest absolute Gasteiger partial charge is 0.327 e. The maximum Gasteiger partial charge on any atom is 0.256 e. The molecule has 3 heterocycles. The van der Waals surface area contributed by atoms with Crippen LogP contribution in [0.5, 0.6) is 0 Å². The maximum absolute atomic E-state index is 12.9. The Morgan fingerprint density at radius 2 is 1.81 bits per heavy atom. The van der Waals surface area contributed by atoms with E-state index in [-0.39, 0.29) is 24.2 Å². The van der Waals surface area contributed by atoms with Gasteiger partial charge in [0.25, 0.3) is 5.91 Å². The first-order chi connectivity index (χ1) is 12.3. The third kappa shape index (κ3) is 2.91. The Balaban J connectivity index is 1.58. The molecular weight excluding hydrogens is 350 g/mol. The molecule has 1 amide bonds. The van der Waals surface area contributed by atoms with E-state index in [4.69, 9.17) is 0 Å². The number of rotatable bonds is 3. The van der Waals surface area contributed by atoms with Crippen molar-refractivity contribution in [2.24, 2.45) is 0 Å². The zero-order valence-corrected chi connectivity index (χ0v) is 15.7. The summed E-state index contributed by atoms with van der Waals surface area (Å²) >= 11 is 0. The average molecular weight is 371 g/mol. The minimum atomic E-state index is -3.45. The summed E-state index contributed by atoms with van der Waals surface area (Å²) in [5, 5.41) is 0. The van der Waals surface area contributed by atoms with Gasteiger partial charge in [-0.1, -0.05) is 29.8 Å². The summed E-state index contributed by atoms with van der Waals surface area (Å²) in [5.41, 5.74) is 4.00. The van der Waals surface area contributed by atoms with E-state index in [1.54, 1.807) is 11.0 Å². The fourth-order valence-corrected chi connectivity index (χ4v) is 5.16. The van der Waals surface area contributed by atoms with Crippen LogP contribution < -0.4 is 0 Å². The summed E-state index contributed by atoms with van der Waals surface area (Å²) in [6, 6.07) is 10.9. The zero-order valence-electron chi connectivity index (χ0n) is 14.8. The lowest BCUT2D eigenvalue weighted by Gasteiger charge is -2.36. The number of carbonyl (C=O) groups is 1. The van der Waals surface area contributed by atoms with Crippen LogP contribution in [-0.4, -0.2) is 48.1 Å². The lowest BCUT2D eigenvalue weighted by molar-refractivity contribution is 0.0625. The number of sulfonamides is 1. The molecule has 7 heteroatoms. The number of piperazine rings is 1. The monoisotopic (exact) mass is 371 g/mol. The van der Waals surface area contributed by atoms with Gasteiger partial charge in [-0.2, -0.15) is 4.31 Å². The van der Waals surface area contributed by atoms with E-state index in [1.165, 1.54) is 4.31 Å². The van der Waals surface area contributed by atoms with Crippen molar-refractivity contribution in [3.8, 4) is 0 Å². The molecule has 26 heavy (non-hydrogen) atoms. The van der Waals surface area contributed by atoms with Gasteiger partial charge in [-0.3, -0.25) is 9.78 Å². The molecule has 0 spiro atoms. The molecule has 2 aliphatic rings. The van der Waals surface area contributed by atoms with Crippen molar-refractivity contribution in [2.45, 2.75) is 25.6 Å². The van der Waals surface area contributed by atoms with Gasteiger partial charge in [0, 0.05) is 25.3 Å². The first kappa shape index (κ1) is 17.2. The molecule has 1 atom stereocenters. The maximum atomic E-state index is 12.9. The Labute approximate surface area is 153 Å². The second-order valence-electron chi connectivity index (χ2n) is 7.00. The summed E-state index contributed by atoms with van der Waals surface area (Å²) in [6.07, 6.45) is 0. The molecule has 2 aliphatic heterocycles. The number of amides is 1. The highest BCUT2D eigenvalue weighted by Crippen LogP contribution is 2.36. The second-order valence-corrected chi connectivity index (χ2v) is 8.97. The Hall–Kier alpha value is -2.25. The van der Waals surface area contributed by atoms with Crippen molar-refractivity contribution >= 4 is 15.9 Å². The highest BCUT2D eigenvalue weighted by Gasteiger charge is 2.43. The van der Waals surface area contributed by atoms with Crippen molar-refractivity contribution in [1.29, 1.82) is 0 Å². The lowest BCUT2D eigenvalue weighted by atomic mass is 10.1. The summed E-state index contributed by atoms with van der Waals surface area (Å²) in [4.78, 5) is 18.8. The predicted molar refractivity (Wildman–Crippen MR) is 98.1 cm³/mol. The summed E-state index contributed by atoms with van der Waals surface area (Å²) in [7, 11) is -3.45. The van der Waals surface area contributed by atoms with Crippen LogP contribution in [0.4, 0.5) is 0 Å². The van der Waals surface area contributed by atoms with Crippen LogP contribution in [0, 0.1) is 13.8 Å². The Morgan fingerprint density at radius 3 is 2.54 bits per heavy atom. The van der Waals surface area contributed by atoms with Crippen LogP contribution in [0.3, 0.4) is 0 Å². The van der Waals surface area contributed by atoms with Crippen LogP contribution in [0.25, 0.3) is 0 Å². The zero-order chi connectivity index (χ0) is 18.5. The van der Waals surface area contributed by atoms with E-state index in [1.807, 2.05) is 44.2 Å². The van der Waals surface area contributed by atoms with Crippen molar-refractivity contribution in [1.82, 2.24) is 14.2 Å². The molecule has 136 valence electrons. The molecule has 0 radical (unpaired) electrons. The molecular formula is C19H21N3O3S. The molecule has 2 aromatic rings. The van der Waals surface area contributed by atoms with Gasteiger partial charge >= 0.3 is 0 Å². The molecule has 1 aromatic carbocycles. The van der Waals surface area contributed by atoms with Gasteiger partial charge in [0.1, 0.15) is 0 Å². The standard InChI is InChI=1S/C19H21N3O3S/c1-13-3-6-15(7-4-13)12-26(24,25)21-9-10-22-17(11-21)18-16(19(22)23)8-5-14(2)20-18/h3-8,17H,9-12H2,1-2H3. The van der Waals surface area contributed by atoms with E-state index >= 15 is 0 Å². The van der Waals surface area contributed by atoms with E-state index in [0.29, 0.717) is 24.3 Å². The van der Waals surface area contributed by atoms with Gasteiger partial charge in [0.05, 0.1) is 23.1 Å². The molecule has 4 rings (SSSR count). The molecule has 1 saturated heterocycles. The third-order valence-corrected chi connectivity index (χ3v) is 6.89. The molecule has 1 fully saturated rings. The third-order valence-electron chi connectivity index (χ3n) is 5.08. The van der Waals surface area contributed by atoms with Crippen LogP contribution in [0.2, 0.25) is 0 Å². The Morgan fingerprint density at radius 1 is 1.08 bits per heavy atom. The fourth-order valence-electron chi connectivity index (χ4n) is 3.64. The number of carbonyl (C=O) groups excluding carboxylic acids is 1. The number of hydrogen-bond acceptors (Lipinski definition) is 4. The SMILES string of the molecule is Cc1ccc(CS(=O)(=O)N2CCN3C(=O)c4ccc(C)nc4C3C2)cc1. The number of hydrogen-bond donors (Lipinski definition) is 0.